The molecule has 0 bridgehead atoms. The van der Waals surface area contributed by atoms with Crippen molar-refractivity contribution in [3.63, 3.8) is 0 Å². The topological polar surface area (TPSA) is 38.0 Å². The smallest absolute Gasteiger partial charge is 0.148 e. The molecule has 3 heteroatoms. The summed E-state index contributed by atoms with van der Waals surface area (Å²) in [7, 11) is 0. The zero-order chi connectivity index (χ0) is 13.3. The van der Waals surface area contributed by atoms with E-state index in [1.165, 1.54) is 6.07 Å². The van der Waals surface area contributed by atoms with E-state index in [4.69, 9.17) is 5.73 Å². The molecule has 0 saturated carbocycles. The summed E-state index contributed by atoms with van der Waals surface area (Å²) in [6, 6.07) is 4.84. The minimum atomic E-state index is -0.372. The van der Waals surface area contributed by atoms with E-state index in [9.17, 15) is 4.39 Å². The number of hydrogen-bond acceptors (Lipinski definition) is 2. The molecule has 2 nitrogen and oxygen atoms in total. The molecule has 0 atom stereocenters. The molecule has 0 aromatic heterocycles. The van der Waals surface area contributed by atoms with Gasteiger partial charge in [0.15, 0.2) is 0 Å². The van der Waals surface area contributed by atoms with Crippen LogP contribution in [0.2, 0.25) is 0 Å². The van der Waals surface area contributed by atoms with Gasteiger partial charge in [0, 0.05) is 6.54 Å². The summed E-state index contributed by atoms with van der Waals surface area (Å²) >= 11 is 0. The predicted octanol–water partition coefficient (Wildman–Crippen LogP) is 3.89. The number of benzene rings is 1. The highest BCUT2D eigenvalue weighted by Gasteiger charge is 2.32. The Kier molecular flexibility index (Phi) is 3.70. The lowest BCUT2D eigenvalue weighted by molar-refractivity contribution is 0.148. The molecule has 96 valence electrons. The maximum Gasteiger partial charge on any atom is 0.148 e. The number of rotatable bonds is 3. The lowest BCUT2D eigenvalue weighted by Crippen LogP contribution is -2.36. The minimum absolute atomic E-state index is 0.0890. The largest absolute Gasteiger partial charge is 0.395 e. The summed E-state index contributed by atoms with van der Waals surface area (Å²) in [5, 5.41) is 3.24. The molecule has 0 saturated heterocycles. The number of halogens is 1. The Morgan fingerprint density at radius 1 is 1.18 bits per heavy atom. The van der Waals surface area contributed by atoms with Gasteiger partial charge in [0.2, 0.25) is 0 Å². The first-order valence-corrected chi connectivity index (χ1v) is 5.93. The normalized spacial score (nSPS) is 12.6. The molecule has 0 amide bonds. The van der Waals surface area contributed by atoms with Gasteiger partial charge in [0.1, 0.15) is 5.82 Å². The second-order valence-corrected chi connectivity index (χ2v) is 6.19. The van der Waals surface area contributed by atoms with Gasteiger partial charge in [-0.05, 0) is 23.0 Å². The van der Waals surface area contributed by atoms with E-state index >= 15 is 0 Å². The molecular weight excluding hydrogens is 215 g/mol. The molecule has 0 radical (unpaired) electrons. The molecule has 0 spiro atoms. The fourth-order valence-corrected chi connectivity index (χ4v) is 1.27. The van der Waals surface area contributed by atoms with Crippen molar-refractivity contribution in [1.82, 2.24) is 0 Å². The first-order chi connectivity index (χ1) is 7.65. The zero-order valence-electron chi connectivity index (χ0n) is 11.4. The van der Waals surface area contributed by atoms with Crippen LogP contribution >= 0.6 is 0 Å². The Morgan fingerprint density at radius 3 is 2.29 bits per heavy atom. The van der Waals surface area contributed by atoms with Crippen LogP contribution in [0.15, 0.2) is 18.2 Å². The van der Waals surface area contributed by atoms with E-state index in [1.54, 1.807) is 12.1 Å². The van der Waals surface area contributed by atoms with Crippen LogP contribution in [-0.4, -0.2) is 6.54 Å². The van der Waals surface area contributed by atoms with Crippen molar-refractivity contribution in [2.45, 2.75) is 34.6 Å². The van der Waals surface area contributed by atoms with Crippen LogP contribution in [0.1, 0.15) is 34.6 Å². The van der Waals surface area contributed by atoms with Crippen LogP contribution < -0.4 is 11.1 Å². The number of nitrogens with two attached hydrogens (primary N) is 1. The van der Waals surface area contributed by atoms with Gasteiger partial charge in [-0.25, -0.2) is 4.39 Å². The Bertz CT molecular complexity index is 392. The van der Waals surface area contributed by atoms with Crippen LogP contribution in [-0.2, 0) is 0 Å². The molecule has 0 aliphatic heterocycles. The second-order valence-electron chi connectivity index (χ2n) is 6.19. The monoisotopic (exact) mass is 238 g/mol. The summed E-state index contributed by atoms with van der Waals surface area (Å²) in [6.07, 6.45) is 0. The average Bonchev–Trinajstić information content (AvgIpc) is 2.18. The molecule has 1 aromatic rings. The van der Waals surface area contributed by atoms with E-state index in [1.807, 2.05) is 0 Å². The molecule has 0 heterocycles. The van der Waals surface area contributed by atoms with Gasteiger partial charge in [0.05, 0.1) is 11.4 Å². The maximum absolute atomic E-state index is 13.3. The van der Waals surface area contributed by atoms with Gasteiger partial charge >= 0.3 is 0 Å². The lowest BCUT2D eigenvalue weighted by atomic mass is 9.69. The number of para-hydroxylation sites is 1. The van der Waals surface area contributed by atoms with Crippen LogP contribution in [0.5, 0.6) is 0 Å². The van der Waals surface area contributed by atoms with E-state index in [2.05, 4.69) is 39.9 Å². The SMILES string of the molecule is CC(C)(C)C(C)(C)CNc1cccc(F)c1N. The van der Waals surface area contributed by atoms with Gasteiger partial charge in [-0.2, -0.15) is 0 Å². The van der Waals surface area contributed by atoms with E-state index in [-0.39, 0.29) is 22.3 Å². The Hall–Kier alpha value is -1.25. The summed E-state index contributed by atoms with van der Waals surface area (Å²) in [5.74, 6) is -0.372. The van der Waals surface area contributed by atoms with Crippen molar-refractivity contribution >= 4 is 11.4 Å². The fourth-order valence-electron chi connectivity index (χ4n) is 1.27. The number of anilines is 2. The molecule has 0 aliphatic carbocycles. The first kappa shape index (κ1) is 13.8. The molecule has 1 aromatic carbocycles. The molecule has 0 aliphatic rings. The van der Waals surface area contributed by atoms with Crippen molar-refractivity contribution in [2.75, 3.05) is 17.6 Å². The molecule has 17 heavy (non-hydrogen) atoms. The Labute approximate surface area is 103 Å². The fraction of sp³-hybridized carbons (Fsp3) is 0.571. The minimum Gasteiger partial charge on any atom is -0.395 e. The van der Waals surface area contributed by atoms with Crippen LogP contribution in [0.3, 0.4) is 0 Å². The second kappa shape index (κ2) is 4.55. The van der Waals surface area contributed by atoms with Crippen LogP contribution in [0.4, 0.5) is 15.8 Å². The quantitative estimate of drug-likeness (QED) is 0.784. The maximum atomic E-state index is 13.3. The van der Waals surface area contributed by atoms with Crippen molar-refractivity contribution in [2.24, 2.45) is 10.8 Å². The van der Waals surface area contributed by atoms with Gasteiger partial charge in [-0.15, -0.1) is 0 Å². The predicted molar refractivity (Wildman–Crippen MR) is 72.5 cm³/mol. The van der Waals surface area contributed by atoms with Crippen molar-refractivity contribution in [3.05, 3.63) is 24.0 Å². The number of nitrogen functional groups attached to an aromatic ring is 1. The van der Waals surface area contributed by atoms with Gasteiger partial charge < -0.3 is 11.1 Å². The van der Waals surface area contributed by atoms with E-state index in [0.717, 1.165) is 6.54 Å². The summed E-state index contributed by atoms with van der Waals surface area (Å²) in [6.45, 7) is 11.7. The van der Waals surface area contributed by atoms with E-state index < -0.39 is 0 Å². The standard InChI is InChI=1S/C14H23FN2/c1-13(2,3)14(4,5)9-17-11-8-6-7-10(15)12(11)16/h6-8,17H,9,16H2,1-5H3. The Morgan fingerprint density at radius 2 is 1.76 bits per heavy atom. The summed E-state index contributed by atoms with van der Waals surface area (Å²) in [5.41, 5.74) is 6.80. The highest BCUT2D eigenvalue weighted by Crippen LogP contribution is 2.38. The van der Waals surface area contributed by atoms with Gasteiger partial charge in [0.25, 0.3) is 0 Å². The third-order valence-electron chi connectivity index (χ3n) is 3.80. The average molecular weight is 238 g/mol. The first-order valence-electron chi connectivity index (χ1n) is 5.93. The lowest BCUT2D eigenvalue weighted by Gasteiger charge is -2.39. The van der Waals surface area contributed by atoms with Crippen molar-refractivity contribution in [3.8, 4) is 0 Å². The third kappa shape index (κ3) is 3.11. The third-order valence-corrected chi connectivity index (χ3v) is 3.80. The van der Waals surface area contributed by atoms with E-state index in [0.29, 0.717) is 5.69 Å². The highest BCUT2D eigenvalue weighted by atomic mass is 19.1. The number of hydrogen-bond donors (Lipinski definition) is 2. The summed E-state index contributed by atoms with van der Waals surface area (Å²) < 4.78 is 13.3. The highest BCUT2D eigenvalue weighted by molar-refractivity contribution is 5.66. The van der Waals surface area contributed by atoms with Gasteiger partial charge in [-0.1, -0.05) is 40.7 Å². The van der Waals surface area contributed by atoms with Crippen molar-refractivity contribution < 1.29 is 4.39 Å². The van der Waals surface area contributed by atoms with Crippen molar-refractivity contribution in [1.29, 1.82) is 0 Å². The van der Waals surface area contributed by atoms with Crippen LogP contribution in [0, 0.1) is 16.6 Å². The summed E-state index contributed by atoms with van der Waals surface area (Å²) in [4.78, 5) is 0. The molecule has 1 rings (SSSR count). The molecular formula is C14H23FN2. The molecule has 3 N–H and O–H groups in total. The Balaban J connectivity index is 2.78. The zero-order valence-corrected chi connectivity index (χ0v) is 11.4. The molecule has 0 unspecified atom stereocenters. The van der Waals surface area contributed by atoms with Crippen LogP contribution in [0.25, 0.3) is 0 Å². The van der Waals surface area contributed by atoms with Gasteiger partial charge in [-0.3, -0.25) is 0 Å². The number of nitrogens with one attached hydrogen (secondary N) is 1. The molecule has 0 fully saturated rings.